The molecular weight excluding hydrogens is 205 g/mol. The van der Waals surface area contributed by atoms with Gasteiger partial charge in [0.1, 0.15) is 0 Å². The molecule has 8 heavy (non-hydrogen) atoms. The van der Waals surface area contributed by atoms with Crippen molar-refractivity contribution < 1.29 is 24.8 Å². The molecule has 0 aromatic carbocycles. The van der Waals surface area contributed by atoms with E-state index in [1.54, 1.807) is 0 Å². The van der Waals surface area contributed by atoms with Gasteiger partial charge < -0.3 is 24.8 Å². The summed E-state index contributed by atoms with van der Waals surface area (Å²) in [6, 6.07) is 0. The van der Waals surface area contributed by atoms with E-state index in [-0.39, 0.29) is 30.2 Å². The zero-order valence-electron chi connectivity index (χ0n) is 4.50. The Morgan fingerprint density at radius 1 is 1.25 bits per heavy atom. The number of alkyl halides is 2. The van der Waals surface area contributed by atoms with Crippen molar-refractivity contribution >= 4 is 39.5 Å². The fourth-order valence-corrected chi connectivity index (χ4v) is 0. The predicted octanol–water partition coefficient (Wildman–Crippen LogP) is -3.98. The van der Waals surface area contributed by atoms with E-state index in [1.165, 1.54) is 5.28 Å². The summed E-state index contributed by atoms with van der Waals surface area (Å²) in [7, 11) is 0. The molecule has 0 radical (unpaired) electrons. The van der Waals surface area contributed by atoms with Crippen molar-refractivity contribution in [1.82, 2.24) is 0 Å². The monoisotopic (exact) mass is 210 g/mol. The van der Waals surface area contributed by atoms with E-state index in [9.17, 15) is 0 Å². The van der Waals surface area contributed by atoms with Crippen LogP contribution in [0.1, 0.15) is 6.92 Å². The van der Waals surface area contributed by atoms with Crippen LogP contribution in [-0.4, -0.2) is 21.6 Å². The maximum absolute atomic E-state index is 4.76. The third kappa shape index (κ3) is 120. The Kier molecular flexibility index (Phi) is 107. The first-order valence-corrected chi connectivity index (χ1v) is 3.54. The van der Waals surface area contributed by atoms with Crippen molar-refractivity contribution in [3.05, 3.63) is 0 Å². The Bertz CT molecular complexity index is 13.2. The van der Waals surface area contributed by atoms with Crippen molar-refractivity contribution in [2.75, 3.05) is 5.34 Å². The molecule has 0 N–H and O–H groups in total. The van der Waals surface area contributed by atoms with Gasteiger partial charge in [-0.25, -0.2) is 0 Å². The molecule has 0 aromatic heterocycles. The third-order valence-corrected chi connectivity index (χ3v) is 0. The molecule has 0 saturated carbocycles. The molecule has 5 heteroatoms. The minimum absolute atomic E-state index is 0. The van der Waals surface area contributed by atoms with Crippen LogP contribution < -0.4 is 24.8 Å². The topological polar surface area (TPSA) is 0 Å². The molecule has 0 spiro atoms. The summed E-state index contributed by atoms with van der Waals surface area (Å²) in [5.74, 6) is 0. The zero-order valence-corrected chi connectivity index (χ0v) is 8.68. The van der Waals surface area contributed by atoms with Crippen molar-refractivity contribution in [3.63, 3.8) is 0 Å². The summed E-state index contributed by atoms with van der Waals surface area (Å²) in [4.78, 5) is 0. The van der Waals surface area contributed by atoms with Gasteiger partial charge in [0.25, 0.3) is 0 Å². The van der Waals surface area contributed by atoms with Gasteiger partial charge in [0.2, 0.25) is 0 Å². The molecule has 0 aromatic rings. The van der Waals surface area contributed by atoms with Crippen LogP contribution in [0.3, 0.4) is 0 Å². The summed E-state index contributed by atoms with van der Waals surface area (Å²) < 4.78 is 0. The standard InChI is InChI=1S/C2H5.CH2Cl2.Al.2ClH/c1-2;2-1-3;;;/h1H2,2H3;1H2;;2*1H/q;;+2;;/p-2. The summed E-state index contributed by atoms with van der Waals surface area (Å²) in [6.07, 6.45) is 0. The van der Waals surface area contributed by atoms with Crippen LogP contribution in [0.15, 0.2) is 0 Å². The van der Waals surface area contributed by atoms with Gasteiger partial charge in [-0.3, -0.25) is 0 Å². The Balaban J connectivity index is -0.0000000160. The van der Waals surface area contributed by atoms with Crippen molar-refractivity contribution in [2.24, 2.45) is 0 Å². The molecule has 0 atom stereocenters. The van der Waals surface area contributed by atoms with E-state index in [2.05, 4.69) is 23.2 Å². The summed E-state index contributed by atoms with van der Waals surface area (Å²) in [5, 5.41) is 1.36. The van der Waals surface area contributed by atoms with Gasteiger partial charge in [0.15, 0.2) is 0 Å². The molecule has 0 nitrogen and oxygen atoms in total. The molecular formula is C3H7AlCl4. The quantitative estimate of drug-likeness (QED) is 0.284. The van der Waals surface area contributed by atoms with Crippen LogP contribution in [0, 0.1) is 0 Å². The van der Waals surface area contributed by atoms with Gasteiger partial charge in [-0.15, -0.1) is 23.2 Å². The maximum atomic E-state index is 4.76. The van der Waals surface area contributed by atoms with Crippen molar-refractivity contribution in [1.29, 1.82) is 0 Å². The molecule has 50 valence electrons. The molecule has 0 aliphatic carbocycles. The average molecular weight is 212 g/mol. The van der Waals surface area contributed by atoms with Crippen molar-refractivity contribution in [3.8, 4) is 0 Å². The van der Waals surface area contributed by atoms with Gasteiger partial charge >= 0.3 is 28.5 Å². The number of rotatable bonds is 0. The summed E-state index contributed by atoms with van der Waals surface area (Å²) in [6.45, 7) is 2.09. The minimum Gasteiger partial charge on any atom is -1.00 e. The minimum atomic E-state index is 0. The molecule has 0 rings (SSSR count). The molecule has 0 amide bonds. The number of halogens is 4. The first kappa shape index (κ1) is 22.6. The molecule has 0 heterocycles. The van der Waals surface area contributed by atoms with Crippen LogP contribution in [0.5, 0.6) is 0 Å². The second-order valence-corrected chi connectivity index (χ2v) is 2.13. The number of hydrogen-bond acceptors (Lipinski definition) is 0. The molecule has 0 aliphatic heterocycles. The molecule has 0 unspecified atom stereocenters. The van der Waals surface area contributed by atoms with E-state index in [1.807, 2.05) is 0 Å². The SMILES string of the molecule is C[CH2][Al+2].ClCCl.[Cl-].[Cl-]. The van der Waals surface area contributed by atoms with Crippen LogP contribution in [0.25, 0.3) is 0 Å². The maximum Gasteiger partial charge on any atom is 0.0967 e. The third-order valence-electron chi connectivity index (χ3n) is 0. The zero-order chi connectivity index (χ0) is 5.41. The molecule has 0 aliphatic rings. The van der Waals surface area contributed by atoms with Gasteiger partial charge in [0.05, 0.1) is 5.34 Å². The summed E-state index contributed by atoms with van der Waals surface area (Å²) in [5.41, 5.74) is 0. The smallest absolute Gasteiger partial charge is 0.0967 e. The van der Waals surface area contributed by atoms with Gasteiger partial charge in [-0.2, -0.15) is 0 Å². The molecule has 0 saturated heterocycles. The van der Waals surface area contributed by atoms with E-state index >= 15 is 0 Å². The second kappa shape index (κ2) is 37.7. The van der Waals surface area contributed by atoms with Crippen LogP contribution >= 0.6 is 23.2 Å². The number of hydrogen-bond donors (Lipinski definition) is 0. The summed E-state index contributed by atoms with van der Waals surface area (Å²) >= 11 is 12.1. The first-order chi connectivity index (χ1) is 2.83. The van der Waals surface area contributed by atoms with Crippen LogP contribution in [0.4, 0.5) is 0 Å². The van der Waals surface area contributed by atoms with E-state index in [0.717, 1.165) is 0 Å². The van der Waals surface area contributed by atoms with Crippen LogP contribution in [0.2, 0.25) is 5.28 Å². The predicted molar refractivity (Wildman–Crippen MR) is 32.8 cm³/mol. The molecule has 0 bridgehead atoms. The first-order valence-electron chi connectivity index (χ1n) is 1.65. The van der Waals surface area contributed by atoms with Crippen molar-refractivity contribution in [2.45, 2.75) is 12.2 Å². The largest absolute Gasteiger partial charge is 1.00 e. The Hall–Kier alpha value is 1.69. The average Bonchev–Trinajstić information content (AvgIpc) is 1.39. The molecule has 0 fully saturated rings. The van der Waals surface area contributed by atoms with Gasteiger partial charge in [0, 0.05) is 0 Å². The van der Waals surface area contributed by atoms with Gasteiger partial charge in [-0.05, 0) is 0 Å². The van der Waals surface area contributed by atoms with Crippen LogP contribution in [-0.2, 0) is 0 Å². The Morgan fingerprint density at radius 2 is 1.25 bits per heavy atom. The van der Waals surface area contributed by atoms with E-state index in [0.29, 0.717) is 0 Å². The second-order valence-electron chi connectivity index (χ2n) is 0.509. The Labute approximate surface area is 81.5 Å². The van der Waals surface area contributed by atoms with Gasteiger partial charge in [-0.1, -0.05) is 0 Å². The van der Waals surface area contributed by atoms with E-state index < -0.39 is 0 Å². The fraction of sp³-hybridized carbons (Fsp3) is 1.00. The normalized spacial score (nSPS) is 4.62. The van der Waals surface area contributed by atoms with E-state index in [4.69, 9.17) is 23.2 Å². The fourth-order valence-electron chi connectivity index (χ4n) is 0. The Morgan fingerprint density at radius 3 is 1.25 bits per heavy atom.